The molecule has 1 saturated heterocycles. The number of piperidine rings is 1. The SMILES string of the molecule is Cl.O=[N+]([O-])c1ccc2nc(NCC3CCNCC3)cnc2c1. The lowest BCUT2D eigenvalue weighted by Crippen LogP contribution is -2.31. The van der Waals surface area contributed by atoms with E-state index in [0.717, 1.165) is 25.5 Å². The minimum absolute atomic E-state index is 0. The van der Waals surface area contributed by atoms with Crippen molar-refractivity contribution in [3.05, 3.63) is 34.5 Å². The second-order valence-corrected chi connectivity index (χ2v) is 5.26. The number of nitro benzene ring substituents is 1. The fourth-order valence-electron chi connectivity index (χ4n) is 2.53. The zero-order chi connectivity index (χ0) is 14.7. The molecule has 0 radical (unpaired) electrons. The lowest BCUT2D eigenvalue weighted by atomic mass is 9.98. The van der Waals surface area contributed by atoms with Crippen molar-refractivity contribution in [2.24, 2.45) is 5.92 Å². The van der Waals surface area contributed by atoms with Gasteiger partial charge in [0.05, 0.1) is 22.2 Å². The first kappa shape index (κ1) is 16.4. The van der Waals surface area contributed by atoms with E-state index in [0.29, 0.717) is 17.0 Å². The second kappa shape index (κ2) is 7.33. The van der Waals surface area contributed by atoms with Crippen molar-refractivity contribution in [3.8, 4) is 0 Å². The summed E-state index contributed by atoms with van der Waals surface area (Å²) < 4.78 is 0. The van der Waals surface area contributed by atoms with Gasteiger partial charge < -0.3 is 10.6 Å². The van der Waals surface area contributed by atoms with Gasteiger partial charge in [0.1, 0.15) is 5.82 Å². The van der Waals surface area contributed by atoms with Crippen LogP contribution in [0.5, 0.6) is 0 Å². The first-order valence-electron chi connectivity index (χ1n) is 7.08. The first-order chi connectivity index (χ1) is 10.2. The van der Waals surface area contributed by atoms with Crippen molar-refractivity contribution in [2.75, 3.05) is 25.0 Å². The minimum Gasteiger partial charge on any atom is -0.368 e. The van der Waals surface area contributed by atoms with Crippen LogP contribution in [0.1, 0.15) is 12.8 Å². The van der Waals surface area contributed by atoms with Gasteiger partial charge in [0.25, 0.3) is 5.69 Å². The summed E-state index contributed by atoms with van der Waals surface area (Å²) in [5, 5.41) is 17.4. The van der Waals surface area contributed by atoms with Gasteiger partial charge in [-0.3, -0.25) is 15.1 Å². The Hall–Kier alpha value is -1.99. The van der Waals surface area contributed by atoms with Gasteiger partial charge in [-0.05, 0) is 37.9 Å². The smallest absolute Gasteiger partial charge is 0.271 e. The number of hydrogen-bond donors (Lipinski definition) is 2. The van der Waals surface area contributed by atoms with E-state index < -0.39 is 4.92 Å². The summed E-state index contributed by atoms with van der Waals surface area (Å²) >= 11 is 0. The average Bonchev–Trinajstić information content (AvgIpc) is 2.53. The Morgan fingerprint density at radius 1 is 1.32 bits per heavy atom. The normalized spacial score (nSPS) is 15.3. The van der Waals surface area contributed by atoms with E-state index in [9.17, 15) is 10.1 Å². The number of nitrogens with one attached hydrogen (secondary N) is 2. The lowest BCUT2D eigenvalue weighted by molar-refractivity contribution is -0.384. The molecule has 7 nitrogen and oxygen atoms in total. The number of nitrogens with zero attached hydrogens (tertiary/aromatic N) is 3. The molecule has 0 aliphatic carbocycles. The van der Waals surface area contributed by atoms with Crippen LogP contribution in [0.4, 0.5) is 11.5 Å². The molecule has 3 rings (SSSR count). The minimum atomic E-state index is -0.426. The van der Waals surface area contributed by atoms with Crippen molar-refractivity contribution < 1.29 is 4.92 Å². The zero-order valence-corrected chi connectivity index (χ0v) is 12.8. The van der Waals surface area contributed by atoms with Gasteiger partial charge >= 0.3 is 0 Å². The third kappa shape index (κ3) is 3.80. The monoisotopic (exact) mass is 323 g/mol. The van der Waals surface area contributed by atoms with Gasteiger partial charge in [-0.2, -0.15) is 0 Å². The maximum absolute atomic E-state index is 10.7. The highest BCUT2D eigenvalue weighted by Gasteiger charge is 2.13. The summed E-state index contributed by atoms with van der Waals surface area (Å²) in [5.74, 6) is 1.37. The predicted molar refractivity (Wildman–Crippen MR) is 87.5 cm³/mol. The molecule has 1 aliphatic heterocycles. The molecule has 0 saturated carbocycles. The van der Waals surface area contributed by atoms with E-state index in [1.807, 2.05) is 0 Å². The van der Waals surface area contributed by atoms with Gasteiger partial charge in [0.2, 0.25) is 0 Å². The van der Waals surface area contributed by atoms with Crippen LogP contribution in [0.15, 0.2) is 24.4 Å². The highest BCUT2D eigenvalue weighted by Crippen LogP contribution is 2.19. The predicted octanol–water partition coefficient (Wildman–Crippen LogP) is 2.37. The molecule has 8 heteroatoms. The molecule has 0 atom stereocenters. The van der Waals surface area contributed by atoms with Crippen LogP contribution >= 0.6 is 12.4 Å². The summed E-state index contributed by atoms with van der Waals surface area (Å²) in [6.07, 6.45) is 3.97. The number of halogens is 1. The number of nitro groups is 1. The van der Waals surface area contributed by atoms with Crippen LogP contribution in [0.25, 0.3) is 11.0 Å². The molecule has 22 heavy (non-hydrogen) atoms. The quantitative estimate of drug-likeness (QED) is 0.663. The molecule has 1 aromatic heterocycles. The van der Waals surface area contributed by atoms with E-state index in [1.165, 1.54) is 25.0 Å². The molecule has 1 aromatic carbocycles. The first-order valence-corrected chi connectivity index (χ1v) is 7.08. The Bertz CT molecular complexity index is 661. The van der Waals surface area contributed by atoms with Crippen LogP contribution < -0.4 is 10.6 Å². The number of hydrogen-bond acceptors (Lipinski definition) is 6. The average molecular weight is 324 g/mol. The molecule has 0 amide bonds. The Labute approximate surface area is 134 Å². The maximum atomic E-state index is 10.7. The van der Waals surface area contributed by atoms with Gasteiger partial charge in [-0.25, -0.2) is 4.98 Å². The Morgan fingerprint density at radius 3 is 2.82 bits per heavy atom. The molecular weight excluding hydrogens is 306 g/mol. The third-order valence-electron chi connectivity index (χ3n) is 3.77. The lowest BCUT2D eigenvalue weighted by Gasteiger charge is -2.22. The summed E-state index contributed by atoms with van der Waals surface area (Å²) in [6.45, 7) is 3.02. The highest BCUT2D eigenvalue weighted by atomic mass is 35.5. The summed E-state index contributed by atoms with van der Waals surface area (Å²) in [5.41, 5.74) is 1.24. The molecule has 0 bridgehead atoms. The van der Waals surface area contributed by atoms with Crippen LogP contribution in [-0.2, 0) is 0 Å². The van der Waals surface area contributed by atoms with Crippen molar-refractivity contribution in [1.29, 1.82) is 0 Å². The van der Waals surface area contributed by atoms with Crippen LogP contribution in [-0.4, -0.2) is 34.5 Å². The highest BCUT2D eigenvalue weighted by molar-refractivity contribution is 5.85. The van der Waals surface area contributed by atoms with Crippen molar-refractivity contribution in [2.45, 2.75) is 12.8 Å². The molecule has 0 unspecified atom stereocenters. The van der Waals surface area contributed by atoms with E-state index in [1.54, 1.807) is 12.3 Å². The number of benzene rings is 1. The van der Waals surface area contributed by atoms with Crippen LogP contribution in [0.2, 0.25) is 0 Å². The molecule has 118 valence electrons. The number of anilines is 1. The van der Waals surface area contributed by atoms with Gasteiger partial charge in [-0.15, -0.1) is 12.4 Å². The van der Waals surface area contributed by atoms with E-state index in [2.05, 4.69) is 20.6 Å². The Kier molecular flexibility index (Phi) is 5.46. The Balaban J connectivity index is 0.00000176. The van der Waals surface area contributed by atoms with Crippen molar-refractivity contribution >= 4 is 34.9 Å². The number of non-ortho nitro benzene ring substituents is 1. The van der Waals surface area contributed by atoms with Crippen molar-refractivity contribution in [1.82, 2.24) is 15.3 Å². The fraction of sp³-hybridized carbons (Fsp3) is 0.429. The molecular formula is C14H18ClN5O2. The standard InChI is InChI=1S/C14H17N5O2.ClH/c20-19(21)11-1-2-12-13(7-11)16-9-14(18-12)17-8-10-3-5-15-6-4-10;/h1-2,7,9-10,15H,3-6,8H2,(H,17,18);1H. The molecule has 2 heterocycles. The molecule has 0 spiro atoms. The fourth-order valence-corrected chi connectivity index (χ4v) is 2.53. The zero-order valence-electron chi connectivity index (χ0n) is 12.0. The third-order valence-corrected chi connectivity index (χ3v) is 3.77. The van der Waals surface area contributed by atoms with E-state index in [-0.39, 0.29) is 18.1 Å². The van der Waals surface area contributed by atoms with Gasteiger partial charge in [0.15, 0.2) is 0 Å². The van der Waals surface area contributed by atoms with Crippen molar-refractivity contribution in [3.63, 3.8) is 0 Å². The largest absolute Gasteiger partial charge is 0.368 e. The van der Waals surface area contributed by atoms with Crippen LogP contribution in [0, 0.1) is 16.0 Å². The second-order valence-electron chi connectivity index (χ2n) is 5.26. The molecule has 2 aromatic rings. The van der Waals surface area contributed by atoms with Crippen LogP contribution in [0.3, 0.4) is 0 Å². The number of rotatable bonds is 4. The summed E-state index contributed by atoms with van der Waals surface area (Å²) in [6, 6.07) is 4.53. The van der Waals surface area contributed by atoms with Gasteiger partial charge in [-0.1, -0.05) is 0 Å². The van der Waals surface area contributed by atoms with E-state index in [4.69, 9.17) is 0 Å². The maximum Gasteiger partial charge on any atom is 0.271 e. The van der Waals surface area contributed by atoms with E-state index >= 15 is 0 Å². The topological polar surface area (TPSA) is 93.0 Å². The summed E-state index contributed by atoms with van der Waals surface area (Å²) in [4.78, 5) is 19.0. The molecule has 1 aliphatic rings. The summed E-state index contributed by atoms with van der Waals surface area (Å²) in [7, 11) is 0. The molecule has 2 N–H and O–H groups in total. The molecule has 1 fully saturated rings. The number of fused-ring (bicyclic) bond motifs is 1. The Morgan fingerprint density at radius 2 is 2.09 bits per heavy atom. The number of aromatic nitrogens is 2. The van der Waals surface area contributed by atoms with Gasteiger partial charge in [0, 0.05) is 18.7 Å².